The first-order valence-corrected chi connectivity index (χ1v) is 12.3. The van der Waals surface area contributed by atoms with Crippen LogP contribution in [0, 0.1) is 13.8 Å². The first-order valence-electron chi connectivity index (χ1n) is 10.4. The van der Waals surface area contributed by atoms with Gasteiger partial charge in [0.2, 0.25) is 5.91 Å². The van der Waals surface area contributed by atoms with Gasteiger partial charge in [-0.2, -0.15) is 0 Å². The predicted octanol–water partition coefficient (Wildman–Crippen LogP) is 5.07. The van der Waals surface area contributed by atoms with E-state index >= 15 is 0 Å². The van der Waals surface area contributed by atoms with Crippen molar-refractivity contribution in [3.8, 4) is 0 Å². The molecule has 1 N–H and O–H groups in total. The van der Waals surface area contributed by atoms with E-state index in [1.54, 1.807) is 23.1 Å². The molecule has 4 rings (SSSR count). The fraction of sp³-hybridized carbons (Fsp3) is 0.333. The maximum absolute atomic E-state index is 12.5. The molecule has 5 nitrogen and oxygen atoms in total. The van der Waals surface area contributed by atoms with Gasteiger partial charge in [-0.05, 0) is 49.2 Å². The second kappa shape index (κ2) is 10.3. The van der Waals surface area contributed by atoms with Crippen LogP contribution >= 0.6 is 23.1 Å². The van der Waals surface area contributed by atoms with Gasteiger partial charge >= 0.3 is 0 Å². The molecule has 0 bridgehead atoms. The summed E-state index contributed by atoms with van der Waals surface area (Å²) in [6.07, 6.45) is 0.283. The van der Waals surface area contributed by atoms with E-state index in [4.69, 9.17) is 4.74 Å². The Labute approximate surface area is 191 Å². The number of morpholine rings is 1. The van der Waals surface area contributed by atoms with Crippen molar-refractivity contribution >= 4 is 40.4 Å². The lowest BCUT2D eigenvalue weighted by atomic mass is 10.1. The molecule has 2 aromatic carbocycles. The minimum absolute atomic E-state index is 0.0458. The third-order valence-corrected chi connectivity index (χ3v) is 7.37. The second-order valence-corrected chi connectivity index (χ2v) is 9.78. The van der Waals surface area contributed by atoms with E-state index in [9.17, 15) is 4.79 Å². The number of carbonyl (C=O) groups is 1. The number of anilines is 2. The van der Waals surface area contributed by atoms with Crippen LogP contribution in [0.3, 0.4) is 0 Å². The number of hydrogen-bond acceptors (Lipinski definition) is 6. The summed E-state index contributed by atoms with van der Waals surface area (Å²) < 4.78 is 6.40. The molecule has 0 radical (unpaired) electrons. The zero-order chi connectivity index (χ0) is 21.6. The summed E-state index contributed by atoms with van der Waals surface area (Å²) in [5, 5.41) is 4.96. The highest BCUT2D eigenvalue weighted by atomic mass is 32.2. The number of nitrogens with one attached hydrogen (secondary N) is 1. The Morgan fingerprint density at radius 2 is 1.94 bits per heavy atom. The lowest BCUT2D eigenvalue weighted by molar-refractivity contribution is -0.115. The first-order chi connectivity index (χ1) is 15.1. The van der Waals surface area contributed by atoms with Crippen LogP contribution in [0.15, 0.2) is 52.2 Å². The van der Waals surface area contributed by atoms with E-state index in [2.05, 4.69) is 47.2 Å². The average Bonchev–Trinajstić information content (AvgIpc) is 3.22. The van der Waals surface area contributed by atoms with Crippen molar-refractivity contribution in [2.75, 3.05) is 36.5 Å². The van der Waals surface area contributed by atoms with E-state index in [-0.39, 0.29) is 12.3 Å². The highest BCUT2D eigenvalue weighted by molar-refractivity contribution is 8.00. The zero-order valence-electron chi connectivity index (χ0n) is 17.9. The Kier molecular flexibility index (Phi) is 7.27. The quantitative estimate of drug-likeness (QED) is 0.506. The molecular weight excluding hydrogens is 426 g/mol. The van der Waals surface area contributed by atoms with Crippen LogP contribution < -0.4 is 10.2 Å². The van der Waals surface area contributed by atoms with Crippen LogP contribution in [0.25, 0.3) is 0 Å². The van der Waals surface area contributed by atoms with E-state index < -0.39 is 0 Å². The molecule has 0 saturated carbocycles. The molecule has 0 unspecified atom stereocenters. The third kappa shape index (κ3) is 6.09. The summed E-state index contributed by atoms with van der Waals surface area (Å²) in [6, 6.07) is 14.5. The minimum atomic E-state index is -0.0458. The van der Waals surface area contributed by atoms with Crippen molar-refractivity contribution < 1.29 is 9.53 Å². The molecule has 0 aliphatic carbocycles. The van der Waals surface area contributed by atoms with Gasteiger partial charge in [-0.25, -0.2) is 4.98 Å². The van der Waals surface area contributed by atoms with Crippen molar-refractivity contribution in [3.05, 3.63) is 70.2 Å². The first kappa shape index (κ1) is 21.9. The standard InChI is InChI=1S/C24H27N3O2S2/c1-17-3-4-18(2)19(13-17)15-30-24-26-21(16-31-24)14-23(28)25-20-5-7-22(8-6-20)27-9-11-29-12-10-27/h3-8,13,16H,9-12,14-15H2,1-2H3,(H,25,28). The van der Waals surface area contributed by atoms with Gasteiger partial charge in [-0.15, -0.1) is 11.3 Å². The SMILES string of the molecule is Cc1ccc(C)c(CSc2nc(CC(=O)Nc3ccc(N4CCOCC4)cc3)cs2)c1. The average molecular weight is 454 g/mol. The molecule has 1 fully saturated rings. The van der Waals surface area contributed by atoms with Crippen LogP contribution in [0.4, 0.5) is 11.4 Å². The summed E-state index contributed by atoms with van der Waals surface area (Å²) in [5.41, 5.74) is 6.69. The highest BCUT2D eigenvalue weighted by Crippen LogP contribution is 2.28. The van der Waals surface area contributed by atoms with E-state index in [0.29, 0.717) is 0 Å². The highest BCUT2D eigenvalue weighted by Gasteiger charge is 2.12. The van der Waals surface area contributed by atoms with Crippen molar-refractivity contribution in [1.29, 1.82) is 0 Å². The van der Waals surface area contributed by atoms with Crippen LogP contribution in [-0.4, -0.2) is 37.2 Å². The molecule has 2 heterocycles. The van der Waals surface area contributed by atoms with Crippen molar-refractivity contribution in [2.45, 2.75) is 30.4 Å². The normalized spacial score (nSPS) is 13.9. The second-order valence-electron chi connectivity index (χ2n) is 7.69. The maximum Gasteiger partial charge on any atom is 0.230 e. The van der Waals surface area contributed by atoms with Gasteiger partial charge in [0.15, 0.2) is 0 Å². The largest absolute Gasteiger partial charge is 0.378 e. The molecule has 1 aliphatic heterocycles. The van der Waals surface area contributed by atoms with Crippen LogP contribution in [0.5, 0.6) is 0 Å². The van der Waals surface area contributed by atoms with Crippen LogP contribution in [0.2, 0.25) is 0 Å². The number of aromatic nitrogens is 1. The molecule has 1 aliphatic rings. The van der Waals surface area contributed by atoms with Crippen molar-refractivity contribution in [1.82, 2.24) is 4.98 Å². The minimum Gasteiger partial charge on any atom is -0.378 e. The monoisotopic (exact) mass is 453 g/mol. The lowest BCUT2D eigenvalue weighted by Gasteiger charge is -2.28. The van der Waals surface area contributed by atoms with Gasteiger partial charge in [-0.3, -0.25) is 4.79 Å². The smallest absolute Gasteiger partial charge is 0.230 e. The summed E-state index contributed by atoms with van der Waals surface area (Å²) in [6.45, 7) is 7.58. The molecule has 31 heavy (non-hydrogen) atoms. The molecule has 1 aromatic heterocycles. The Morgan fingerprint density at radius 3 is 2.71 bits per heavy atom. The number of amides is 1. The molecule has 1 amide bonds. The molecule has 7 heteroatoms. The number of hydrogen-bond donors (Lipinski definition) is 1. The van der Waals surface area contributed by atoms with Crippen molar-refractivity contribution in [2.24, 2.45) is 0 Å². The number of ether oxygens (including phenoxy) is 1. The fourth-order valence-corrected chi connectivity index (χ4v) is 5.39. The Hall–Kier alpha value is -2.35. The molecule has 0 spiro atoms. The topological polar surface area (TPSA) is 54.5 Å². The summed E-state index contributed by atoms with van der Waals surface area (Å²) in [4.78, 5) is 19.4. The number of nitrogens with zero attached hydrogens (tertiary/aromatic N) is 2. The summed E-state index contributed by atoms with van der Waals surface area (Å²) in [7, 11) is 0. The number of carbonyl (C=O) groups excluding carboxylic acids is 1. The summed E-state index contributed by atoms with van der Waals surface area (Å²) in [5.74, 6) is 0.845. The Bertz CT molecular complexity index is 1030. The number of thiazole rings is 1. The number of benzene rings is 2. The van der Waals surface area contributed by atoms with Gasteiger partial charge in [0.25, 0.3) is 0 Å². The van der Waals surface area contributed by atoms with Gasteiger partial charge in [-0.1, -0.05) is 35.5 Å². The fourth-order valence-electron chi connectivity index (χ4n) is 3.48. The van der Waals surface area contributed by atoms with Gasteiger partial charge < -0.3 is 15.0 Å². The molecule has 0 atom stereocenters. The van der Waals surface area contributed by atoms with Crippen molar-refractivity contribution in [3.63, 3.8) is 0 Å². The van der Waals surface area contributed by atoms with Crippen LogP contribution in [0.1, 0.15) is 22.4 Å². The molecule has 3 aromatic rings. The zero-order valence-corrected chi connectivity index (χ0v) is 19.5. The van der Waals surface area contributed by atoms with Gasteiger partial charge in [0, 0.05) is 35.6 Å². The van der Waals surface area contributed by atoms with Gasteiger partial charge in [0.05, 0.1) is 25.3 Å². The van der Waals surface area contributed by atoms with E-state index in [1.165, 1.54) is 16.7 Å². The number of thioether (sulfide) groups is 1. The third-order valence-electron chi connectivity index (χ3n) is 5.26. The maximum atomic E-state index is 12.5. The Morgan fingerprint density at radius 1 is 1.16 bits per heavy atom. The number of aryl methyl sites for hydroxylation is 2. The predicted molar refractivity (Wildman–Crippen MR) is 129 cm³/mol. The van der Waals surface area contributed by atoms with Gasteiger partial charge in [0.1, 0.15) is 4.34 Å². The number of rotatable bonds is 7. The Balaban J connectivity index is 1.28. The molecular formula is C24H27N3O2S2. The molecule has 162 valence electrons. The lowest BCUT2D eigenvalue weighted by Crippen LogP contribution is -2.36. The molecule has 1 saturated heterocycles. The van der Waals surface area contributed by atoms with E-state index in [0.717, 1.165) is 53.5 Å². The summed E-state index contributed by atoms with van der Waals surface area (Å²) >= 11 is 3.33. The van der Waals surface area contributed by atoms with E-state index in [1.807, 2.05) is 29.6 Å². The van der Waals surface area contributed by atoms with Crippen LogP contribution in [-0.2, 0) is 21.7 Å².